The lowest BCUT2D eigenvalue weighted by Crippen LogP contribution is -2.34. The quantitative estimate of drug-likeness (QED) is 0.215. The molecule has 1 aromatic heterocycles. The number of nitrogens with one attached hydrogen (secondary N) is 2. The fourth-order valence-electron chi connectivity index (χ4n) is 3.40. The number of aromatic nitrogens is 1. The van der Waals surface area contributed by atoms with Crippen LogP contribution >= 0.6 is 34.8 Å². The van der Waals surface area contributed by atoms with E-state index in [4.69, 9.17) is 21.9 Å². The van der Waals surface area contributed by atoms with Gasteiger partial charge in [-0.25, -0.2) is 4.98 Å². The van der Waals surface area contributed by atoms with Gasteiger partial charge >= 0.3 is 0 Å². The highest BCUT2D eigenvalue weighted by Gasteiger charge is 2.16. The van der Waals surface area contributed by atoms with Gasteiger partial charge in [0.05, 0.1) is 28.6 Å². The molecule has 0 aliphatic rings. The van der Waals surface area contributed by atoms with Gasteiger partial charge in [0.2, 0.25) is 0 Å². The molecule has 166 valence electrons. The van der Waals surface area contributed by atoms with Gasteiger partial charge < -0.3 is 10.1 Å². The molecule has 33 heavy (non-hydrogen) atoms. The van der Waals surface area contributed by atoms with Gasteiger partial charge in [-0.05, 0) is 85.1 Å². The summed E-state index contributed by atoms with van der Waals surface area (Å²) in [5.74, 6) is 0.458. The highest BCUT2D eigenvalue weighted by Crippen LogP contribution is 2.28. The summed E-state index contributed by atoms with van der Waals surface area (Å²) in [7, 11) is 0. The Kier molecular flexibility index (Phi) is 7.20. The number of pyridine rings is 1. The number of anilines is 1. The Morgan fingerprint density at radius 2 is 1.76 bits per heavy atom. The number of hydrogen-bond donors (Lipinski definition) is 2. The minimum absolute atomic E-state index is 0.0624. The highest BCUT2D eigenvalue weighted by atomic mass is 127. The van der Waals surface area contributed by atoms with Crippen LogP contribution < -0.4 is 15.4 Å². The number of ether oxygens (including phenoxy) is 1. The van der Waals surface area contributed by atoms with E-state index in [1.54, 1.807) is 6.07 Å². The molecule has 0 aliphatic heterocycles. The van der Waals surface area contributed by atoms with E-state index in [1.165, 1.54) is 0 Å². The molecule has 0 bridgehead atoms. The Balaban J connectivity index is 1.66. The first kappa shape index (κ1) is 23.1. The molecular formula is C26H22IN3O2S. The van der Waals surface area contributed by atoms with E-state index in [-0.39, 0.29) is 17.1 Å². The predicted molar refractivity (Wildman–Crippen MR) is 146 cm³/mol. The Labute approximate surface area is 211 Å². The number of carbonyl (C=O) groups is 1. The Morgan fingerprint density at radius 1 is 1.00 bits per heavy atom. The third kappa shape index (κ3) is 5.66. The average Bonchev–Trinajstić information content (AvgIpc) is 2.79. The number of hydrogen-bond acceptors (Lipinski definition) is 4. The van der Waals surface area contributed by atoms with Gasteiger partial charge in [0.25, 0.3) is 5.91 Å². The predicted octanol–water partition coefficient (Wildman–Crippen LogP) is 6.42. The summed E-state index contributed by atoms with van der Waals surface area (Å²) in [6, 6.07) is 24.8. The number of halogens is 1. The van der Waals surface area contributed by atoms with E-state index < -0.39 is 0 Å². The first-order valence-corrected chi connectivity index (χ1v) is 11.9. The van der Waals surface area contributed by atoms with Crippen LogP contribution in [0.2, 0.25) is 0 Å². The van der Waals surface area contributed by atoms with Crippen molar-refractivity contribution in [2.24, 2.45) is 0 Å². The zero-order valence-electron chi connectivity index (χ0n) is 18.1. The van der Waals surface area contributed by atoms with Crippen molar-refractivity contribution in [3.05, 3.63) is 88.0 Å². The second-order valence-electron chi connectivity index (χ2n) is 7.65. The van der Waals surface area contributed by atoms with Crippen LogP contribution in [0.5, 0.6) is 5.75 Å². The van der Waals surface area contributed by atoms with Crippen molar-refractivity contribution >= 4 is 62.4 Å². The number of rotatable bonds is 5. The van der Waals surface area contributed by atoms with Crippen molar-refractivity contribution in [3.63, 3.8) is 0 Å². The molecule has 1 amide bonds. The molecule has 0 saturated heterocycles. The van der Waals surface area contributed by atoms with Crippen LogP contribution in [0.25, 0.3) is 22.2 Å². The van der Waals surface area contributed by atoms with Gasteiger partial charge in [0.1, 0.15) is 5.75 Å². The van der Waals surface area contributed by atoms with Gasteiger partial charge in [0, 0.05) is 14.5 Å². The van der Waals surface area contributed by atoms with Crippen LogP contribution in [-0.4, -0.2) is 22.1 Å². The summed E-state index contributed by atoms with van der Waals surface area (Å²) in [6.45, 7) is 3.97. The molecule has 4 rings (SSSR count). The average molecular weight is 567 g/mol. The Bertz CT molecular complexity index is 1340. The van der Waals surface area contributed by atoms with Crippen molar-refractivity contribution in [1.82, 2.24) is 10.3 Å². The van der Waals surface area contributed by atoms with E-state index in [0.717, 1.165) is 31.5 Å². The number of benzene rings is 3. The van der Waals surface area contributed by atoms with Gasteiger partial charge in [-0.3, -0.25) is 10.1 Å². The standard InChI is InChI=1S/C26H22IN3O2S/c1-16(2)32-18-9-7-8-17(14-18)24-15-20(19-10-3-5-12-22(19)28-24)25(31)30-26(33)29-23-13-6-4-11-21(23)27/h3-16H,1-2H3,(H2,29,30,31,33). The van der Waals surface area contributed by atoms with Crippen molar-refractivity contribution in [2.75, 3.05) is 5.32 Å². The van der Waals surface area contributed by atoms with Gasteiger partial charge in [-0.2, -0.15) is 0 Å². The van der Waals surface area contributed by atoms with Crippen LogP contribution in [0.15, 0.2) is 78.9 Å². The molecule has 0 radical (unpaired) electrons. The zero-order chi connectivity index (χ0) is 23.4. The van der Waals surface area contributed by atoms with Crippen molar-refractivity contribution in [3.8, 4) is 17.0 Å². The molecule has 0 aliphatic carbocycles. The smallest absolute Gasteiger partial charge is 0.258 e. The van der Waals surface area contributed by atoms with E-state index in [1.807, 2.05) is 86.6 Å². The van der Waals surface area contributed by atoms with Gasteiger partial charge in [-0.15, -0.1) is 0 Å². The van der Waals surface area contributed by atoms with Gasteiger partial charge in [0.15, 0.2) is 5.11 Å². The summed E-state index contributed by atoms with van der Waals surface area (Å²) >= 11 is 7.62. The summed E-state index contributed by atoms with van der Waals surface area (Å²) in [5, 5.41) is 6.89. The molecular weight excluding hydrogens is 545 g/mol. The molecule has 0 atom stereocenters. The summed E-state index contributed by atoms with van der Waals surface area (Å²) in [4.78, 5) is 18.0. The minimum atomic E-state index is -0.298. The van der Waals surface area contributed by atoms with Crippen LogP contribution in [0, 0.1) is 3.57 Å². The Hall–Kier alpha value is -3.04. The van der Waals surface area contributed by atoms with Crippen molar-refractivity contribution in [2.45, 2.75) is 20.0 Å². The van der Waals surface area contributed by atoms with E-state index in [0.29, 0.717) is 11.3 Å². The van der Waals surface area contributed by atoms with Crippen LogP contribution in [0.4, 0.5) is 5.69 Å². The number of nitrogens with zero attached hydrogens (tertiary/aromatic N) is 1. The molecule has 3 aromatic carbocycles. The van der Waals surface area contributed by atoms with E-state index >= 15 is 0 Å². The van der Waals surface area contributed by atoms with Crippen LogP contribution in [0.3, 0.4) is 0 Å². The third-order valence-electron chi connectivity index (χ3n) is 4.81. The maximum atomic E-state index is 13.2. The second-order valence-corrected chi connectivity index (χ2v) is 9.23. The summed E-state index contributed by atoms with van der Waals surface area (Å²) in [5.41, 5.74) is 3.62. The lowest BCUT2D eigenvalue weighted by Gasteiger charge is -2.14. The molecule has 0 unspecified atom stereocenters. The van der Waals surface area contributed by atoms with Gasteiger partial charge in [-0.1, -0.05) is 42.5 Å². The first-order chi connectivity index (χ1) is 15.9. The van der Waals surface area contributed by atoms with Crippen LogP contribution in [-0.2, 0) is 0 Å². The molecule has 0 saturated carbocycles. The largest absolute Gasteiger partial charge is 0.491 e. The monoisotopic (exact) mass is 567 g/mol. The molecule has 1 heterocycles. The maximum Gasteiger partial charge on any atom is 0.258 e. The fraction of sp³-hybridized carbons (Fsp3) is 0.115. The van der Waals surface area contributed by atoms with Crippen molar-refractivity contribution in [1.29, 1.82) is 0 Å². The molecule has 0 spiro atoms. The molecule has 5 nitrogen and oxygen atoms in total. The summed E-state index contributed by atoms with van der Waals surface area (Å²) in [6.07, 6.45) is 0.0624. The first-order valence-electron chi connectivity index (χ1n) is 10.4. The normalized spacial score (nSPS) is 10.8. The topological polar surface area (TPSA) is 63.2 Å². The Morgan fingerprint density at radius 3 is 2.55 bits per heavy atom. The maximum absolute atomic E-state index is 13.2. The number of amides is 1. The van der Waals surface area contributed by atoms with Crippen LogP contribution in [0.1, 0.15) is 24.2 Å². The SMILES string of the molecule is CC(C)Oc1cccc(-c2cc(C(=O)NC(=S)Nc3ccccc3I)c3ccccc3n2)c1. The van der Waals surface area contributed by atoms with Crippen molar-refractivity contribution < 1.29 is 9.53 Å². The lowest BCUT2D eigenvalue weighted by molar-refractivity contribution is 0.0979. The third-order valence-corrected chi connectivity index (χ3v) is 5.96. The second kappa shape index (κ2) is 10.3. The highest BCUT2D eigenvalue weighted by molar-refractivity contribution is 14.1. The van der Waals surface area contributed by atoms with E-state index in [9.17, 15) is 4.79 Å². The lowest BCUT2D eigenvalue weighted by atomic mass is 10.0. The molecule has 4 aromatic rings. The van der Waals surface area contributed by atoms with E-state index in [2.05, 4.69) is 33.2 Å². The summed E-state index contributed by atoms with van der Waals surface area (Å²) < 4.78 is 6.83. The number of para-hydroxylation sites is 2. The molecule has 2 N–H and O–H groups in total. The molecule has 0 fully saturated rings. The number of carbonyl (C=O) groups excluding carboxylic acids is 1. The zero-order valence-corrected chi connectivity index (χ0v) is 21.1. The minimum Gasteiger partial charge on any atom is -0.491 e. The number of fused-ring (bicyclic) bond motifs is 1. The molecule has 7 heteroatoms. The number of thiocarbonyl (C=S) groups is 1. The fourth-order valence-corrected chi connectivity index (χ4v) is 4.12.